The standard InChI is InChI=1S/C14H15F2NO3/c1-8-5-6-9(14(19)20)7-17(8)13(18)10-3-2-4-11(15)12(10)16/h2-4,8-9H,5-7H2,1H3,(H,19,20). The summed E-state index contributed by atoms with van der Waals surface area (Å²) in [6, 6.07) is 3.21. The highest BCUT2D eigenvalue weighted by molar-refractivity contribution is 5.95. The number of carbonyl (C=O) groups is 2. The lowest BCUT2D eigenvalue weighted by atomic mass is 9.93. The Kier molecular flexibility index (Phi) is 4.01. The number of aliphatic carboxylic acids is 1. The summed E-state index contributed by atoms with van der Waals surface area (Å²) in [5.41, 5.74) is -0.358. The number of rotatable bonds is 2. The molecule has 0 aromatic heterocycles. The average Bonchev–Trinajstić information content (AvgIpc) is 2.41. The van der Waals surface area contributed by atoms with E-state index in [4.69, 9.17) is 5.11 Å². The minimum absolute atomic E-state index is 0.0191. The van der Waals surface area contributed by atoms with Crippen molar-refractivity contribution in [1.82, 2.24) is 4.90 Å². The van der Waals surface area contributed by atoms with Gasteiger partial charge in [0.1, 0.15) is 0 Å². The van der Waals surface area contributed by atoms with Gasteiger partial charge in [0.05, 0.1) is 11.5 Å². The fourth-order valence-corrected chi connectivity index (χ4v) is 2.42. The lowest BCUT2D eigenvalue weighted by Crippen LogP contribution is -2.47. The summed E-state index contributed by atoms with van der Waals surface area (Å²) in [7, 11) is 0. The van der Waals surface area contributed by atoms with E-state index in [-0.39, 0.29) is 18.2 Å². The lowest BCUT2D eigenvalue weighted by Gasteiger charge is -2.36. The van der Waals surface area contributed by atoms with Gasteiger partial charge in [0, 0.05) is 12.6 Å². The Balaban J connectivity index is 2.26. The lowest BCUT2D eigenvalue weighted by molar-refractivity contribution is -0.143. The van der Waals surface area contributed by atoms with E-state index in [0.717, 1.165) is 6.07 Å². The smallest absolute Gasteiger partial charge is 0.308 e. The van der Waals surface area contributed by atoms with Gasteiger partial charge in [-0.3, -0.25) is 9.59 Å². The molecule has 0 bridgehead atoms. The van der Waals surface area contributed by atoms with Gasteiger partial charge < -0.3 is 10.0 Å². The van der Waals surface area contributed by atoms with Gasteiger partial charge in [-0.25, -0.2) is 8.78 Å². The molecule has 0 saturated carbocycles. The van der Waals surface area contributed by atoms with E-state index >= 15 is 0 Å². The Morgan fingerprint density at radius 3 is 2.65 bits per heavy atom. The average molecular weight is 283 g/mol. The van der Waals surface area contributed by atoms with Crippen molar-refractivity contribution in [3.8, 4) is 0 Å². The van der Waals surface area contributed by atoms with Crippen LogP contribution in [0.5, 0.6) is 0 Å². The molecule has 1 aliphatic heterocycles. The highest BCUT2D eigenvalue weighted by atomic mass is 19.2. The number of likely N-dealkylation sites (tertiary alicyclic amines) is 1. The molecule has 0 spiro atoms. The SMILES string of the molecule is CC1CCC(C(=O)O)CN1C(=O)c1cccc(F)c1F. The number of halogens is 2. The molecule has 4 nitrogen and oxygen atoms in total. The van der Waals surface area contributed by atoms with Crippen LogP contribution in [0.25, 0.3) is 0 Å². The monoisotopic (exact) mass is 283 g/mol. The number of carboxylic acids is 1. The largest absolute Gasteiger partial charge is 0.481 e. The van der Waals surface area contributed by atoms with Crippen LogP contribution in [0, 0.1) is 17.6 Å². The van der Waals surface area contributed by atoms with Crippen LogP contribution in [0.15, 0.2) is 18.2 Å². The molecule has 0 aliphatic carbocycles. The zero-order valence-electron chi connectivity index (χ0n) is 11.0. The summed E-state index contributed by atoms with van der Waals surface area (Å²) in [6.45, 7) is 1.79. The van der Waals surface area contributed by atoms with E-state index in [9.17, 15) is 18.4 Å². The summed E-state index contributed by atoms with van der Waals surface area (Å²) in [5.74, 6) is -4.58. The summed E-state index contributed by atoms with van der Waals surface area (Å²) < 4.78 is 26.8. The van der Waals surface area contributed by atoms with Crippen LogP contribution in [0.1, 0.15) is 30.1 Å². The van der Waals surface area contributed by atoms with Gasteiger partial charge in [-0.05, 0) is 31.9 Å². The van der Waals surface area contributed by atoms with Gasteiger partial charge in [-0.15, -0.1) is 0 Å². The molecular weight excluding hydrogens is 268 g/mol. The number of carboxylic acid groups (broad SMARTS) is 1. The maximum Gasteiger partial charge on any atom is 0.308 e. The van der Waals surface area contributed by atoms with Crippen LogP contribution in [0.4, 0.5) is 8.78 Å². The van der Waals surface area contributed by atoms with Crippen LogP contribution in [0.3, 0.4) is 0 Å². The molecule has 1 aromatic carbocycles. The minimum Gasteiger partial charge on any atom is -0.481 e. The molecule has 108 valence electrons. The summed E-state index contributed by atoms with van der Waals surface area (Å²) in [4.78, 5) is 24.6. The second-order valence-corrected chi connectivity index (χ2v) is 5.02. The number of amides is 1. The fourth-order valence-electron chi connectivity index (χ4n) is 2.42. The molecule has 1 amide bonds. The first-order valence-electron chi connectivity index (χ1n) is 6.39. The van der Waals surface area contributed by atoms with Crippen molar-refractivity contribution in [2.45, 2.75) is 25.8 Å². The van der Waals surface area contributed by atoms with E-state index in [0.29, 0.717) is 12.8 Å². The van der Waals surface area contributed by atoms with Gasteiger partial charge in [0.25, 0.3) is 5.91 Å². The summed E-state index contributed by atoms with van der Waals surface area (Å²) in [6.07, 6.45) is 1.01. The second kappa shape index (κ2) is 5.56. The number of nitrogens with zero attached hydrogens (tertiary/aromatic N) is 1. The van der Waals surface area contributed by atoms with Crippen molar-refractivity contribution in [3.63, 3.8) is 0 Å². The van der Waals surface area contributed by atoms with Crippen molar-refractivity contribution in [3.05, 3.63) is 35.4 Å². The maximum atomic E-state index is 13.7. The number of benzene rings is 1. The van der Waals surface area contributed by atoms with Crippen molar-refractivity contribution in [1.29, 1.82) is 0 Å². The van der Waals surface area contributed by atoms with Crippen LogP contribution in [-0.2, 0) is 4.79 Å². The van der Waals surface area contributed by atoms with Crippen LogP contribution >= 0.6 is 0 Å². The Morgan fingerprint density at radius 1 is 1.30 bits per heavy atom. The zero-order chi connectivity index (χ0) is 14.9. The molecule has 1 saturated heterocycles. The summed E-state index contributed by atoms with van der Waals surface area (Å²) >= 11 is 0. The van der Waals surface area contributed by atoms with Gasteiger partial charge in [0.2, 0.25) is 0 Å². The molecule has 1 fully saturated rings. The van der Waals surface area contributed by atoms with Crippen molar-refractivity contribution >= 4 is 11.9 Å². The third-order valence-electron chi connectivity index (χ3n) is 3.67. The van der Waals surface area contributed by atoms with Crippen LogP contribution in [0.2, 0.25) is 0 Å². The number of hydrogen-bond acceptors (Lipinski definition) is 2. The molecule has 2 atom stereocenters. The molecule has 1 N–H and O–H groups in total. The topological polar surface area (TPSA) is 57.6 Å². The van der Waals surface area contributed by atoms with Crippen LogP contribution in [-0.4, -0.2) is 34.5 Å². The third kappa shape index (κ3) is 2.64. The molecule has 6 heteroatoms. The van der Waals surface area contributed by atoms with Crippen LogP contribution < -0.4 is 0 Å². The van der Waals surface area contributed by atoms with Gasteiger partial charge in [0.15, 0.2) is 11.6 Å². The first-order valence-corrected chi connectivity index (χ1v) is 6.39. The van der Waals surface area contributed by atoms with E-state index in [1.807, 2.05) is 0 Å². The van der Waals surface area contributed by atoms with E-state index in [1.54, 1.807) is 6.92 Å². The summed E-state index contributed by atoms with van der Waals surface area (Å²) in [5, 5.41) is 9.02. The molecule has 0 radical (unpaired) electrons. The van der Waals surface area contributed by atoms with Gasteiger partial charge in [-0.2, -0.15) is 0 Å². The molecular formula is C14H15F2NO3. The van der Waals surface area contributed by atoms with E-state index < -0.39 is 29.4 Å². The van der Waals surface area contributed by atoms with Crippen molar-refractivity contribution in [2.24, 2.45) is 5.92 Å². The molecule has 20 heavy (non-hydrogen) atoms. The normalized spacial score (nSPS) is 22.6. The predicted molar refractivity (Wildman–Crippen MR) is 67.2 cm³/mol. The molecule has 1 aliphatic rings. The number of piperidine rings is 1. The van der Waals surface area contributed by atoms with Crippen molar-refractivity contribution in [2.75, 3.05) is 6.54 Å². The van der Waals surface area contributed by atoms with Gasteiger partial charge >= 0.3 is 5.97 Å². The Bertz CT molecular complexity index is 547. The van der Waals surface area contributed by atoms with Crippen molar-refractivity contribution < 1.29 is 23.5 Å². The Labute approximate surface area is 115 Å². The highest BCUT2D eigenvalue weighted by Crippen LogP contribution is 2.25. The second-order valence-electron chi connectivity index (χ2n) is 5.02. The first kappa shape index (κ1) is 14.4. The Hall–Kier alpha value is -1.98. The minimum atomic E-state index is -1.19. The Morgan fingerprint density at radius 2 is 2.00 bits per heavy atom. The first-order chi connectivity index (χ1) is 9.41. The zero-order valence-corrected chi connectivity index (χ0v) is 11.0. The predicted octanol–water partition coefficient (Wildman–Crippen LogP) is 2.29. The molecule has 1 aromatic rings. The fraction of sp³-hybridized carbons (Fsp3) is 0.429. The van der Waals surface area contributed by atoms with E-state index in [1.165, 1.54) is 17.0 Å². The molecule has 2 unspecified atom stereocenters. The number of carbonyl (C=O) groups excluding carboxylic acids is 1. The van der Waals surface area contributed by atoms with Gasteiger partial charge in [-0.1, -0.05) is 6.07 Å². The third-order valence-corrected chi connectivity index (χ3v) is 3.67. The molecule has 1 heterocycles. The maximum absolute atomic E-state index is 13.7. The van der Waals surface area contributed by atoms with E-state index in [2.05, 4.69) is 0 Å². The number of hydrogen-bond donors (Lipinski definition) is 1. The highest BCUT2D eigenvalue weighted by Gasteiger charge is 2.34. The quantitative estimate of drug-likeness (QED) is 0.906. The molecule has 2 rings (SSSR count).